The lowest BCUT2D eigenvalue weighted by atomic mass is 9.81. The monoisotopic (exact) mass is 468 g/mol. The van der Waals surface area contributed by atoms with Gasteiger partial charge in [-0.2, -0.15) is 5.10 Å². The molecular formula is C26H33FN4O3. The first-order valence-corrected chi connectivity index (χ1v) is 11.7. The first kappa shape index (κ1) is 24.3. The molecule has 1 aromatic heterocycles. The number of nitrogens with zero attached hydrogens (tertiary/aromatic N) is 2. The van der Waals surface area contributed by atoms with Gasteiger partial charge in [-0.1, -0.05) is 54.1 Å². The molecule has 8 heteroatoms. The maximum atomic E-state index is 13.3. The highest BCUT2D eigenvalue weighted by molar-refractivity contribution is 5.31. The standard InChI is InChI=1S/C26H33FN4O3/c1-18-11-20(14-27)13-21(12-18)19(2)34-17-26(22-7-5-4-6-8-22)10-9-23(15-28-26)31-24(16-33-3)29-30-25(31)32/h4-8,11-13,19,23,28H,9-10,14-17H2,1-3H3,(H,30,32)/t19-,23-,26-/m1/s1. The van der Waals surface area contributed by atoms with E-state index in [2.05, 4.69) is 27.6 Å². The lowest BCUT2D eigenvalue weighted by Crippen LogP contribution is -2.53. The summed E-state index contributed by atoms with van der Waals surface area (Å²) in [5.74, 6) is 0.597. The van der Waals surface area contributed by atoms with Gasteiger partial charge in [0.2, 0.25) is 0 Å². The summed E-state index contributed by atoms with van der Waals surface area (Å²) in [6.45, 7) is 4.81. The average Bonchev–Trinajstić information content (AvgIpc) is 3.23. The van der Waals surface area contributed by atoms with Crippen molar-refractivity contribution in [3.05, 3.63) is 87.1 Å². The summed E-state index contributed by atoms with van der Waals surface area (Å²) in [6.07, 6.45) is 1.38. The normalized spacial score (nSPS) is 21.5. The molecule has 1 saturated heterocycles. The molecule has 1 aliphatic heterocycles. The number of methoxy groups -OCH3 is 1. The predicted molar refractivity (Wildman–Crippen MR) is 128 cm³/mol. The topological polar surface area (TPSA) is 81.2 Å². The zero-order valence-electron chi connectivity index (χ0n) is 20.0. The predicted octanol–water partition coefficient (Wildman–Crippen LogP) is 4.09. The summed E-state index contributed by atoms with van der Waals surface area (Å²) >= 11 is 0. The lowest BCUT2D eigenvalue weighted by Gasteiger charge is -2.42. The third-order valence-corrected chi connectivity index (χ3v) is 6.69. The maximum absolute atomic E-state index is 13.3. The van der Waals surface area contributed by atoms with Crippen molar-refractivity contribution in [2.75, 3.05) is 20.3 Å². The lowest BCUT2D eigenvalue weighted by molar-refractivity contribution is 0.000882. The van der Waals surface area contributed by atoms with E-state index in [-0.39, 0.29) is 24.4 Å². The van der Waals surface area contributed by atoms with Crippen LogP contribution in [0.1, 0.15) is 60.0 Å². The highest BCUT2D eigenvalue weighted by atomic mass is 19.1. The van der Waals surface area contributed by atoms with Crippen LogP contribution in [0.15, 0.2) is 53.3 Å². The fourth-order valence-electron chi connectivity index (χ4n) is 4.86. The van der Waals surface area contributed by atoms with Gasteiger partial charge in [0.05, 0.1) is 24.3 Å². The molecule has 0 amide bonds. The van der Waals surface area contributed by atoms with Crippen LogP contribution in [0.2, 0.25) is 0 Å². The van der Waals surface area contributed by atoms with Crippen LogP contribution >= 0.6 is 0 Å². The summed E-state index contributed by atoms with van der Waals surface area (Å²) in [7, 11) is 1.59. The van der Waals surface area contributed by atoms with E-state index < -0.39 is 12.2 Å². The van der Waals surface area contributed by atoms with Gasteiger partial charge in [-0.05, 0) is 43.4 Å². The first-order valence-electron chi connectivity index (χ1n) is 11.7. The van der Waals surface area contributed by atoms with Crippen molar-refractivity contribution >= 4 is 0 Å². The van der Waals surface area contributed by atoms with Crippen molar-refractivity contribution in [2.45, 2.75) is 57.7 Å². The smallest absolute Gasteiger partial charge is 0.343 e. The van der Waals surface area contributed by atoms with E-state index in [0.29, 0.717) is 24.5 Å². The SMILES string of the molecule is COCc1n[nH]c(=O)n1[C@@H]1CC[C@@](CO[C@H](C)c2cc(C)cc(CF)c2)(c2ccccc2)NC1. The molecule has 7 nitrogen and oxygen atoms in total. The van der Waals surface area contributed by atoms with E-state index >= 15 is 0 Å². The Labute approximate surface area is 199 Å². The number of aromatic nitrogens is 3. The number of rotatable bonds is 9. The Morgan fingerprint density at radius 3 is 2.74 bits per heavy atom. The van der Waals surface area contributed by atoms with Crippen molar-refractivity contribution in [3.8, 4) is 0 Å². The Bertz CT molecular complexity index is 1140. The second kappa shape index (κ2) is 10.6. The van der Waals surface area contributed by atoms with Gasteiger partial charge in [-0.3, -0.25) is 4.57 Å². The number of ether oxygens (including phenoxy) is 2. The van der Waals surface area contributed by atoms with E-state index in [1.807, 2.05) is 50.2 Å². The number of alkyl halides is 1. The van der Waals surface area contributed by atoms with Crippen LogP contribution in [0.3, 0.4) is 0 Å². The zero-order valence-corrected chi connectivity index (χ0v) is 20.0. The zero-order chi connectivity index (χ0) is 24.1. The number of aryl methyl sites for hydroxylation is 1. The number of benzene rings is 2. The quantitative estimate of drug-likeness (QED) is 0.494. The molecule has 0 radical (unpaired) electrons. The van der Waals surface area contributed by atoms with Crippen molar-refractivity contribution in [1.29, 1.82) is 0 Å². The Morgan fingerprint density at radius 2 is 2.06 bits per heavy atom. The van der Waals surface area contributed by atoms with Crippen molar-refractivity contribution in [2.24, 2.45) is 0 Å². The molecule has 1 aliphatic rings. The molecule has 34 heavy (non-hydrogen) atoms. The van der Waals surface area contributed by atoms with Crippen molar-refractivity contribution in [1.82, 2.24) is 20.1 Å². The summed E-state index contributed by atoms with van der Waals surface area (Å²) in [4.78, 5) is 12.4. The van der Waals surface area contributed by atoms with Gasteiger partial charge in [-0.15, -0.1) is 0 Å². The van der Waals surface area contributed by atoms with E-state index in [1.54, 1.807) is 11.7 Å². The molecule has 2 N–H and O–H groups in total. The summed E-state index contributed by atoms with van der Waals surface area (Å²) in [5, 5.41) is 10.4. The molecule has 0 spiro atoms. The number of hydrogen-bond acceptors (Lipinski definition) is 5. The van der Waals surface area contributed by atoms with Crippen LogP contribution in [-0.2, 0) is 28.3 Å². The molecule has 0 bridgehead atoms. The molecule has 182 valence electrons. The highest BCUT2D eigenvalue weighted by Crippen LogP contribution is 2.36. The largest absolute Gasteiger partial charge is 0.377 e. The van der Waals surface area contributed by atoms with Gasteiger partial charge in [0.25, 0.3) is 0 Å². The summed E-state index contributed by atoms with van der Waals surface area (Å²) in [6, 6.07) is 16.0. The fraction of sp³-hybridized carbons (Fsp3) is 0.462. The first-order chi connectivity index (χ1) is 16.5. The van der Waals surface area contributed by atoms with Gasteiger partial charge in [0.15, 0.2) is 5.82 Å². The maximum Gasteiger partial charge on any atom is 0.343 e. The molecular weight excluding hydrogens is 435 g/mol. The number of piperidine rings is 1. The molecule has 2 aromatic carbocycles. The molecule has 0 saturated carbocycles. The van der Waals surface area contributed by atoms with Gasteiger partial charge in [-0.25, -0.2) is 14.3 Å². The van der Waals surface area contributed by atoms with Gasteiger partial charge >= 0.3 is 5.69 Å². The van der Waals surface area contributed by atoms with E-state index in [9.17, 15) is 9.18 Å². The highest BCUT2D eigenvalue weighted by Gasteiger charge is 2.38. The number of nitrogens with one attached hydrogen (secondary N) is 2. The molecule has 3 aromatic rings. The third-order valence-electron chi connectivity index (χ3n) is 6.69. The van der Waals surface area contributed by atoms with Crippen LogP contribution in [0.25, 0.3) is 0 Å². The van der Waals surface area contributed by atoms with Crippen LogP contribution < -0.4 is 11.0 Å². The Morgan fingerprint density at radius 1 is 1.26 bits per heavy atom. The Kier molecular flexibility index (Phi) is 7.60. The number of halogens is 1. The molecule has 3 atom stereocenters. The molecule has 0 unspecified atom stereocenters. The molecule has 2 heterocycles. The minimum atomic E-state index is -0.489. The third kappa shape index (κ3) is 5.14. The van der Waals surface area contributed by atoms with Crippen molar-refractivity contribution in [3.63, 3.8) is 0 Å². The number of hydrogen-bond donors (Lipinski definition) is 2. The number of aromatic amines is 1. The van der Waals surface area contributed by atoms with Gasteiger partial charge in [0.1, 0.15) is 13.3 Å². The summed E-state index contributed by atoms with van der Waals surface area (Å²) in [5.41, 5.74) is 3.19. The van der Waals surface area contributed by atoms with Gasteiger partial charge < -0.3 is 14.8 Å². The molecule has 0 aliphatic carbocycles. The fourth-order valence-corrected chi connectivity index (χ4v) is 4.86. The molecule has 4 rings (SSSR count). The Balaban J connectivity index is 1.53. The summed E-state index contributed by atoms with van der Waals surface area (Å²) < 4.78 is 26.6. The average molecular weight is 469 g/mol. The minimum Gasteiger partial charge on any atom is -0.377 e. The molecule has 1 fully saturated rings. The van der Waals surface area contributed by atoms with E-state index in [0.717, 1.165) is 29.5 Å². The van der Waals surface area contributed by atoms with Crippen molar-refractivity contribution < 1.29 is 13.9 Å². The second-order valence-corrected chi connectivity index (χ2v) is 9.11. The van der Waals surface area contributed by atoms with Crippen LogP contribution in [0.5, 0.6) is 0 Å². The van der Waals surface area contributed by atoms with Crippen LogP contribution in [0.4, 0.5) is 4.39 Å². The second-order valence-electron chi connectivity index (χ2n) is 9.11. The Hall–Kier alpha value is -2.81. The van der Waals surface area contributed by atoms with E-state index in [1.165, 1.54) is 0 Å². The van der Waals surface area contributed by atoms with Crippen LogP contribution in [0, 0.1) is 6.92 Å². The van der Waals surface area contributed by atoms with E-state index in [4.69, 9.17) is 9.47 Å². The van der Waals surface area contributed by atoms with Crippen LogP contribution in [-0.4, -0.2) is 35.0 Å². The number of H-pyrrole nitrogens is 1. The van der Waals surface area contributed by atoms with Gasteiger partial charge in [0, 0.05) is 13.7 Å². The minimum absolute atomic E-state index is 0.0328.